The lowest BCUT2D eigenvalue weighted by Crippen LogP contribution is -2.08. The molecule has 0 amide bonds. The molecule has 0 atom stereocenters. The monoisotopic (exact) mass is 427 g/mol. The minimum Gasteiger partial charge on any atom is -0.493 e. The Morgan fingerprint density at radius 2 is 1.84 bits per heavy atom. The number of methoxy groups -OCH3 is 3. The maximum atomic E-state index is 11.3. The fraction of sp³-hybridized carbons (Fsp3) is 0.333. The number of aromatic nitrogens is 4. The highest BCUT2D eigenvalue weighted by molar-refractivity contribution is 5.67. The van der Waals surface area contributed by atoms with E-state index in [1.807, 2.05) is 6.92 Å². The Morgan fingerprint density at radius 1 is 1.16 bits per heavy atom. The summed E-state index contributed by atoms with van der Waals surface area (Å²) in [5, 5.41) is 7.71. The van der Waals surface area contributed by atoms with Crippen molar-refractivity contribution in [3.8, 4) is 17.2 Å². The molecule has 0 aliphatic rings. The maximum Gasteiger partial charge on any atom is 0.307 e. The number of aryl methyl sites for hydroxylation is 1. The molecule has 164 valence electrons. The van der Waals surface area contributed by atoms with E-state index < -0.39 is 0 Å². The van der Waals surface area contributed by atoms with Gasteiger partial charge in [0, 0.05) is 24.7 Å². The molecule has 0 bridgehead atoms. The smallest absolute Gasteiger partial charge is 0.307 e. The Morgan fingerprint density at radius 3 is 2.39 bits per heavy atom. The largest absolute Gasteiger partial charge is 0.493 e. The molecule has 3 rings (SSSR count). The van der Waals surface area contributed by atoms with E-state index >= 15 is 0 Å². The summed E-state index contributed by atoms with van der Waals surface area (Å²) in [4.78, 5) is 20.3. The first-order valence-corrected chi connectivity index (χ1v) is 9.52. The summed E-state index contributed by atoms with van der Waals surface area (Å²) in [7, 11) is 4.64. The number of anilines is 2. The van der Waals surface area contributed by atoms with E-state index in [-0.39, 0.29) is 5.97 Å². The summed E-state index contributed by atoms with van der Waals surface area (Å²) in [6.45, 7) is 5.03. The van der Waals surface area contributed by atoms with Gasteiger partial charge in [-0.1, -0.05) is 0 Å². The van der Waals surface area contributed by atoms with Crippen molar-refractivity contribution in [3.63, 3.8) is 0 Å². The predicted octanol–water partition coefficient (Wildman–Crippen LogP) is 3.21. The molecule has 0 aliphatic heterocycles. The van der Waals surface area contributed by atoms with Crippen LogP contribution >= 0.6 is 0 Å². The van der Waals surface area contributed by atoms with Crippen LogP contribution in [0.5, 0.6) is 17.2 Å². The molecular formula is C21H25N5O5. The second-order valence-corrected chi connectivity index (χ2v) is 6.56. The summed E-state index contributed by atoms with van der Waals surface area (Å²) < 4.78 is 23.0. The molecule has 31 heavy (non-hydrogen) atoms. The van der Waals surface area contributed by atoms with Crippen LogP contribution in [0, 0.1) is 6.92 Å². The van der Waals surface area contributed by atoms with Crippen molar-refractivity contribution in [2.75, 3.05) is 26.6 Å². The Labute approximate surface area is 179 Å². The zero-order chi connectivity index (χ0) is 22.5. The molecule has 0 spiro atoms. The van der Waals surface area contributed by atoms with E-state index in [4.69, 9.17) is 18.9 Å². The van der Waals surface area contributed by atoms with E-state index in [1.165, 1.54) is 6.92 Å². The number of benzene rings is 1. The van der Waals surface area contributed by atoms with Crippen molar-refractivity contribution in [2.45, 2.75) is 27.2 Å². The standard InChI is InChI=1S/C21H25N5O5/c1-7-15(31-13(3)27)10-19-23-12(2)16-11-22-21(25-26(16)19)24-14-8-17(28-4)20(30-6)18(9-14)29-5/h7-9,11H,10H2,1-6H3,(H,24,25)/b15-7+. The molecule has 0 unspecified atom stereocenters. The zero-order valence-corrected chi connectivity index (χ0v) is 18.3. The maximum absolute atomic E-state index is 11.3. The number of imidazole rings is 1. The van der Waals surface area contributed by atoms with Gasteiger partial charge < -0.3 is 24.3 Å². The van der Waals surface area contributed by atoms with Gasteiger partial charge in [0.15, 0.2) is 11.5 Å². The van der Waals surface area contributed by atoms with Crippen molar-refractivity contribution in [1.82, 2.24) is 19.6 Å². The third-order valence-electron chi connectivity index (χ3n) is 4.49. The quantitative estimate of drug-likeness (QED) is 0.428. The fourth-order valence-electron chi connectivity index (χ4n) is 3.08. The third-order valence-corrected chi connectivity index (χ3v) is 4.49. The number of nitrogens with zero attached hydrogens (tertiary/aromatic N) is 4. The van der Waals surface area contributed by atoms with Crippen molar-refractivity contribution < 1.29 is 23.7 Å². The number of fused-ring (bicyclic) bond motifs is 1. The number of allylic oxidation sites excluding steroid dienone is 2. The predicted molar refractivity (Wildman–Crippen MR) is 114 cm³/mol. The number of hydrogen-bond acceptors (Lipinski definition) is 9. The van der Waals surface area contributed by atoms with Crippen LogP contribution < -0.4 is 19.5 Å². The fourth-order valence-corrected chi connectivity index (χ4v) is 3.08. The molecule has 0 fully saturated rings. The lowest BCUT2D eigenvalue weighted by molar-refractivity contribution is -0.137. The van der Waals surface area contributed by atoms with E-state index in [2.05, 4.69) is 20.4 Å². The minimum absolute atomic E-state index is 0.311. The molecule has 1 N–H and O–H groups in total. The molecule has 3 aromatic rings. The number of rotatable bonds is 8. The van der Waals surface area contributed by atoms with Crippen LogP contribution in [0.15, 0.2) is 30.2 Å². The van der Waals surface area contributed by atoms with E-state index in [1.54, 1.807) is 57.2 Å². The first-order chi connectivity index (χ1) is 14.9. The first-order valence-electron chi connectivity index (χ1n) is 9.52. The van der Waals surface area contributed by atoms with E-state index in [0.717, 1.165) is 11.2 Å². The molecule has 10 nitrogen and oxygen atoms in total. The van der Waals surface area contributed by atoms with Gasteiger partial charge >= 0.3 is 5.97 Å². The Bertz CT molecular complexity index is 1110. The molecule has 2 aromatic heterocycles. The van der Waals surface area contributed by atoms with Crippen LogP contribution in [0.25, 0.3) is 5.52 Å². The van der Waals surface area contributed by atoms with Crippen LogP contribution in [-0.4, -0.2) is 46.9 Å². The van der Waals surface area contributed by atoms with Crippen molar-refractivity contribution >= 4 is 23.1 Å². The number of hydrogen-bond donors (Lipinski definition) is 1. The number of esters is 1. The third kappa shape index (κ3) is 4.68. The normalized spacial score (nSPS) is 11.4. The van der Waals surface area contributed by atoms with Crippen molar-refractivity contribution in [1.29, 1.82) is 0 Å². The summed E-state index contributed by atoms with van der Waals surface area (Å²) >= 11 is 0. The molecule has 0 saturated heterocycles. The number of carbonyl (C=O) groups excluding carboxylic acids is 1. The van der Waals surface area contributed by atoms with Crippen LogP contribution in [0.2, 0.25) is 0 Å². The van der Waals surface area contributed by atoms with Gasteiger partial charge in [-0.2, -0.15) is 0 Å². The molecule has 0 aliphatic carbocycles. The van der Waals surface area contributed by atoms with Gasteiger partial charge in [0.2, 0.25) is 11.7 Å². The number of ether oxygens (including phenoxy) is 4. The summed E-state index contributed by atoms with van der Waals surface area (Å²) in [5.74, 6) is 2.57. The average molecular weight is 427 g/mol. The topological polar surface area (TPSA) is 109 Å². The lowest BCUT2D eigenvalue weighted by Gasteiger charge is -2.14. The van der Waals surface area contributed by atoms with Gasteiger partial charge in [-0.3, -0.25) is 4.79 Å². The second-order valence-electron chi connectivity index (χ2n) is 6.56. The van der Waals surface area contributed by atoms with E-state index in [9.17, 15) is 4.79 Å². The molecular weight excluding hydrogens is 402 g/mol. The highest BCUT2D eigenvalue weighted by atomic mass is 16.5. The lowest BCUT2D eigenvalue weighted by atomic mass is 10.2. The minimum atomic E-state index is -0.384. The number of nitrogens with one attached hydrogen (secondary N) is 1. The second kappa shape index (κ2) is 9.33. The van der Waals surface area contributed by atoms with Gasteiger partial charge in [0.1, 0.15) is 17.1 Å². The summed E-state index contributed by atoms with van der Waals surface area (Å²) in [6, 6.07) is 3.52. The highest BCUT2D eigenvalue weighted by Gasteiger charge is 2.16. The van der Waals surface area contributed by atoms with Gasteiger partial charge in [0.05, 0.1) is 39.6 Å². The molecule has 1 aromatic carbocycles. The van der Waals surface area contributed by atoms with Gasteiger partial charge in [-0.05, 0) is 19.9 Å². The van der Waals surface area contributed by atoms with Crippen molar-refractivity contribution in [2.24, 2.45) is 0 Å². The average Bonchev–Trinajstić information content (AvgIpc) is 3.06. The Kier molecular flexibility index (Phi) is 6.58. The Balaban J connectivity index is 1.97. The van der Waals surface area contributed by atoms with Crippen molar-refractivity contribution in [3.05, 3.63) is 41.7 Å². The zero-order valence-electron chi connectivity index (χ0n) is 18.3. The molecule has 2 heterocycles. The SMILES string of the molecule is C/C=C(\Cc1nc(C)c2cnc(Nc3cc(OC)c(OC)c(OC)c3)nn12)OC(C)=O. The van der Waals surface area contributed by atoms with Crippen LogP contribution in [-0.2, 0) is 16.0 Å². The Hall–Kier alpha value is -3.82. The van der Waals surface area contributed by atoms with E-state index in [0.29, 0.717) is 46.9 Å². The molecule has 10 heteroatoms. The summed E-state index contributed by atoms with van der Waals surface area (Å²) in [5.41, 5.74) is 2.18. The van der Waals surface area contributed by atoms with Gasteiger partial charge in [-0.25, -0.2) is 14.5 Å². The first kappa shape index (κ1) is 21.9. The van der Waals surface area contributed by atoms with Gasteiger partial charge in [0.25, 0.3) is 0 Å². The van der Waals surface area contributed by atoms with Crippen LogP contribution in [0.4, 0.5) is 11.6 Å². The summed E-state index contributed by atoms with van der Waals surface area (Å²) in [6.07, 6.45) is 3.72. The van der Waals surface area contributed by atoms with Crippen LogP contribution in [0.3, 0.4) is 0 Å². The van der Waals surface area contributed by atoms with Gasteiger partial charge in [-0.15, -0.1) is 5.10 Å². The molecule has 0 saturated carbocycles. The highest BCUT2D eigenvalue weighted by Crippen LogP contribution is 2.40. The number of carbonyl (C=O) groups is 1. The van der Waals surface area contributed by atoms with Crippen LogP contribution in [0.1, 0.15) is 25.4 Å². The molecule has 0 radical (unpaired) electrons.